The first-order chi connectivity index (χ1) is 14.5. The zero-order valence-corrected chi connectivity index (χ0v) is 17.6. The fraction of sp³-hybridized carbons (Fsp3) is 0.136. The van der Waals surface area contributed by atoms with Crippen LogP contribution >= 0.6 is 15.9 Å². The lowest BCUT2D eigenvalue weighted by molar-refractivity contribution is -0.149. The number of anilines is 1. The van der Waals surface area contributed by atoms with E-state index in [0.717, 1.165) is 15.2 Å². The van der Waals surface area contributed by atoms with Crippen molar-refractivity contribution in [1.29, 1.82) is 0 Å². The summed E-state index contributed by atoms with van der Waals surface area (Å²) < 4.78 is 15.9. The molecule has 3 aromatic carbocycles. The second kappa shape index (κ2) is 9.89. The Labute approximate surface area is 181 Å². The van der Waals surface area contributed by atoms with Crippen LogP contribution in [0, 0.1) is 0 Å². The molecule has 0 spiro atoms. The number of hydrogen-bond acceptors (Lipinski definition) is 6. The van der Waals surface area contributed by atoms with Crippen molar-refractivity contribution in [2.24, 2.45) is 0 Å². The van der Waals surface area contributed by atoms with Crippen LogP contribution in [0.5, 0.6) is 5.75 Å². The van der Waals surface area contributed by atoms with E-state index in [2.05, 4.69) is 26.0 Å². The number of rotatable bonds is 7. The highest BCUT2D eigenvalue weighted by atomic mass is 79.9. The van der Waals surface area contributed by atoms with Gasteiger partial charge in [-0.15, -0.1) is 0 Å². The Morgan fingerprint density at radius 1 is 0.933 bits per heavy atom. The largest absolute Gasteiger partial charge is 0.481 e. The van der Waals surface area contributed by atoms with E-state index in [4.69, 9.17) is 9.47 Å². The number of halogens is 1. The Morgan fingerprint density at radius 2 is 1.67 bits per heavy atom. The maximum Gasteiger partial charge on any atom is 0.344 e. The summed E-state index contributed by atoms with van der Waals surface area (Å²) in [6.45, 7) is -0.875. The van der Waals surface area contributed by atoms with E-state index in [9.17, 15) is 14.4 Å². The van der Waals surface area contributed by atoms with Crippen molar-refractivity contribution in [3.8, 4) is 5.75 Å². The van der Waals surface area contributed by atoms with Crippen molar-refractivity contribution in [3.63, 3.8) is 0 Å². The molecule has 1 N–H and O–H groups in total. The lowest BCUT2D eigenvalue weighted by Crippen LogP contribution is -2.24. The number of esters is 2. The maximum absolute atomic E-state index is 12.1. The molecule has 3 aromatic rings. The van der Waals surface area contributed by atoms with Crippen molar-refractivity contribution in [1.82, 2.24) is 0 Å². The third kappa shape index (κ3) is 5.15. The third-order valence-corrected chi connectivity index (χ3v) is 4.96. The van der Waals surface area contributed by atoms with Crippen LogP contribution in [-0.2, 0) is 19.1 Å². The molecule has 0 atom stereocenters. The van der Waals surface area contributed by atoms with E-state index in [1.165, 1.54) is 13.2 Å². The number of methoxy groups -OCH3 is 1. The van der Waals surface area contributed by atoms with Gasteiger partial charge in [-0.05, 0) is 44.9 Å². The first-order valence-corrected chi connectivity index (χ1v) is 9.71. The lowest BCUT2D eigenvalue weighted by Gasteiger charge is -2.11. The normalized spacial score (nSPS) is 10.3. The molecule has 0 aliphatic heterocycles. The summed E-state index contributed by atoms with van der Waals surface area (Å²) in [5, 5.41) is 4.50. The van der Waals surface area contributed by atoms with E-state index in [0.29, 0.717) is 5.75 Å². The van der Waals surface area contributed by atoms with Gasteiger partial charge in [-0.2, -0.15) is 0 Å². The van der Waals surface area contributed by atoms with Gasteiger partial charge in [0.05, 0.1) is 22.8 Å². The van der Waals surface area contributed by atoms with Gasteiger partial charge in [0.1, 0.15) is 5.75 Å². The molecular weight excluding hydrogens is 454 g/mol. The topological polar surface area (TPSA) is 90.9 Å². The molecule has 0 heterocycles. The molecular formula is C22H18BrNO6. The first kappa shape index (κ1) is 21.3. The molecule has 0 saturated carbocycles. The molecule has 0 aliphatic rings. The molecule has 0 radical (unpaired) electrons. The van der Waals surface area contributed by atoms with E-state index in [1.807, 2.05) is 30.3 Å². The summed E-state index contributed by atoms with van der Waals surface area (Å²) in [4.78, 5) is 35.8. The Kier molecular flexibility index (Phi) is 7.03. The molecule has 0 saturated heterocycles. The fourth-order valence-electron chi connectivity index (χ4n) is 2.72. The number of amides is 1. The first-order valence-electron chi connectivity index (χ1n) is 8.92. The van der Waals surface area contributed by atoms with Crippen molar-refractivity contribution in [2.45, 2.75) is 0 Å². The minimum absolute atomic E-state index is 0.198. The number of carbonyl (C=O) groups excluding carboxylic acids is 3. The Morgan fingerprint density at radius 3 is 2.47 bits per heavy atom. The molecule has 0 bridgehead atoms. The van der Waals surface area contributed by atoms with E-state index >= 15 is 0 Å². The number of nitrogens with one attached hydrogen (secondary N) is 1. The number of benzene rings is 3. The molecule has 7 nitrogen and oxygen atoms in total. The molecule has 1 amide bonds. The van der Waals surface area contributed by atoms with Crippen LogP contribution in [0.2, 0.25) is 0 Å². The highest BCUT2D eigenvalue weighted by Gasteiger charge is 2.15. The Bertz CT molecular complexity index is 1100. The minimum Gasteiger partial charge on any atom is -0.481 e. The maximum atomic E-state index is 12.1. The van der Waals surface area contributed by atoms with Crippen LogP contribution in [0.1, 0.15) is 10.4 Å². The average molecular weight is 472 g/mol. The highest BCUT2D eigenvalue weighted by molar-refractivity contribution is 9.10. The molecule has 3 rings (SSSR count). The molecule has 0 aliphatic carbocycles. The summed E-state index contributed by atoms with van der Waals surface area (Å²) in [5.74, 6) is -1.39. The molecule has 8 heteroatoms. The van der Waals surface area contributed by atoms with Gasteiger partial charge in [-0.3, -0.25) is 4.79 Å². The summed E-state index contributed by atoms with van der Waals surface area (Å²) in [6.07, 6.45) is 0. The molecule has 0 aromatic heterocycles. The predicted molar refractivity (Wildman–Crippen MR) is 115 cm³/mol. The van der Waals surface area contributed by atoms with E-state index < -0.39 is 24.5 Å². The quantitative estimate of drug-likeness (QED) is 0.524. The van der Waals surface area contributed by atoms with E-state index in [1.54, 1.807) is 24.3 Å². The molecule has 154 valence electrons. The standard InChI is InChI=1S/C22H18BrNO6/c1-28-22(27)16-8-4-5-9-17(16)24-19(25)12-30-20(26)13-29-18-11-10-14-6-2-3-7-15(14)21(18)23/h2-11H,12-13H2,1H3,(H,24,25). The number of hydrogen-bond donors (Lipinski definition) is 1. The van der Waals surface area contributed by atoms with Gasteiger partial charge in [-0.1, -0.05) is 42.5 Å². The monoisotopic (exact) mass is 471 g/mol. The van der Waals surface area contributed by atoms with Crippen LogP contribution < -0.4 is 10.1 Å². The van der Waals surface area contributed by atoms with Crippen LogP contribution in [-0.4, -0.2) is 38.2 Å². The van der Waals surface area contributed by atoms with Gasteiger partial charge in [0.2, 0.25) is 0 Å². The van der Waals surface area contributed by atoms with Crippen LogP contribution in [0.3, 0.4) is 0 Å². The lowest BCUT2D eigenvalue weighted by atomic mass is 10.1. The van der Waals surface area contributed by atoms with Crippen molar-refractivity contribution in [2.75, 3.05) is 25.6 Å². The van der Waals surface area contributed by atoms with Crippen molar-refractivity contribution < 1.29 is 28.6 Å². The summed E-state index contributed by atoms with van der Waals surface area (Å²) in [6, 6.07) is 17.7. The average Bonchev–Trinajstić information content (AvgIpc) is 2.77. The number of para-hydroxylation sites is 1. The highest BCUT2D eigenvalue weighted by Crippen LogP contribution is 2.33. The van der Waals surface area contributed by atoms with Crippen LogP contribution in [0.25, 0.3) is 10.8 Å². The van der Waals surface area contributed by atoms with Crippen molar-refractivity contribution >= 4 is 50.2 Å². The van der Waals surface area contributed by atoms with Gasteiger partial charge >= 0.3 is 11.9 Å². The minimum atomic E-state index is -0.702. The smallest absolute Gasteiger partial charge is 0.344 e. The van der Waals surface area contributed by atoms with Gasteiger partial charge in [0.25, 0.3) is 5.91 Å². The zero-order chi connectivity index (χ0) is 21.5. The summed E-state index contributed by atoms with van der Waals surface area (Å²) >= 11 is 3.48. The zero-order valence-electron chi connectivity index (χ0n) is 16.0. The van der Waals surface area contributed by atoms with Crippen LogP contribution in [0.15, 0.2) is 65.1 Å². The summed E-state index contributed by atoms with van der Waals surface area (Å²) in [5.41, 5.74) is 0.464. The molecule has 0 fully saturated rings. The Balaban J connectivity index is 1.52. The second-order valence-electron chi connectivity index (χ2n) is 6.13. The van der Waals surface area contributed by atoms with Gasteiger partial charge in [-0.25, -0.2) is 9.59 Å². The molecule has 0 unspecified atom stereocenters. The summed E-state index contributed by atoms with van der Waals surface area (Å²) in [7, 11) is 1.25. The number of fused-ring (bicyclic) bond motifs is 1. The number of ether oxygens (including phenoxy) is 3. The Hall–Kier alpha value is -3.39. The van der Waals surface area contributed by atoms with Crippen LogP contribution in [0.4, 0.5) is 5.69 Å². The number of carbonyl (C=O) groups is 3. The SMILES string of the molecule is COC(=O)c1ccccc1NC(=O)COC(=O)COc1ccc2ccccc2c1Br. The fourth-order valence-corrected chi connectivity index (χ4v) is 3.32. The predicted octanol–water partition coefficient (Wildman–Crippen LogP) is 3.95. The van der Waals surface area contributed by atoms with Gasteiger partial charge < -0.3 is 19.5 Å². The van der Waals surface area contributed by atoms with Crippen molar-refractivity contribution in [3.05, 3.63) is 70.7 Å². The van der Waals surface area contributed by atoms with Gasteiger partial charge in [0, 0.05) is 0 Å². The third-order valence-electron chi connectivity index (χ3n) is 4.14. The van der Waals surface area contributed by atoms with E-state index in [-0.39, 0.29) is 17.9 Å². The second-order valence-corrected chi connectivity index (χ2v) is 6.93. The van der Waals surface area contributed by atoms with Gasteiger partial charge in [0.15, 0.2) is 13.2 Å². The molecule has 30 heavy (non-hydrogen) atoms.